The number of halogens is 2. The molecule has 0 bridgehead atoms. The number of hydrogen-bond donors (Lipinski definition) is 3. The maximum Gasteiger partial charge on any atom is 0.140 e. The fraction of sp³-hybridized carbons (Fsp3) is 0.333. The van der Waals surface area contributed by atoms with Crippen molar-refractivity contribution in [3.63, 3.8) is 0 Å². The molecule has 2 aliphatic rings. The second kappa shape index (κ2) is 13.9. The summed E-state index contributed by atoms with van der Waals surface area (Å²) in [4.78, 5) is 29.6. The van der Waals surface area contributed by atoms with Crippen LogP contribution in [0.25, 0.3) is 44.8 Å². The van der Waals surface area contributed by atoms with Gasteiger partial charge >= 0.3 is 0 Å². The molecule has 0 radical (unpaired) electrons. The van der Waals surface area contributed by atoms with Crippen molar-refractivity contribution < 1.29 is 5.11 Å². The average molecular weight is 670 g/mol. The third kappa shape index (κ3) is 7.22. The summed E-state index contributed by atoms with van der Waals surface area (Å²) in [6.07, 6.45) is 8.99. The predicted molar refractivity (Wildman–Crippen MR) is 191 cm³/mol. The van der Waals surface area contributed by atoms with Gasteiger partial charge in [0.2, 0.25) is 0 Å². The molecule has 0 atom stereocenters. The minimum atomic E-state index is -0.173. The minimum absolute atomic E-state index is 0.173. The first-order valence-electron chi connectivity index (χ1n) is 16.3. The number of imidazole rings is 2. The highest BCUT2D eigenvalue weighted by Gasteiger charge is 2.20. The van der Waals surface area contributed by atoms with Crippen LogP contribution >= 0.6 is 23.2 Å². The number of anilines is 2. The number of aliphatic hydroxyl groups is 1. The van der Waals surface area contributed by atoms with Crippen molar-refractivity contribution in [2.24, 2.45) is 5.92 Å². The van der Waals surface area contributed by atoms with Gasteiger partial charge in [0.15, 0.2) is 0 Å². The number of H-pyrrole nitrogens is 2. The molecule has 0 spiro atoms. The highest BCUT2D eigenvalue weighted by atomic mass is 35.5. The third-order valence-corrected chi connectivity index (χ3v) is 9.71. The molecule has 9 nitrogen and oxygen atoms in total. The standard InChI is InChI=1S/C19H21ClN4.C17H17ClN4O/c1-2-13-7-9-24(10-8-13)18-6-3-14(12-21-18)19-22-16-5-4-15(20)11-17(16)23-19;18-12-2-3-14-15(9-12)21-17(20-14)11-1-4-16(19-10-11)22-7-5-13(23)6-8-22/h3-6,11-13H,2,7-10H2,1H3,(H,22,23);1-4,9-10,13,23H,5-8H2,(H,20,21). The van der Waals surface area contributed by atoms with Crippen LogP contribution < -0.4 is 9.80 Å². The van der Waals surface area contributed by atoms with Gasteiger partial charge in [-0.05, 0) is 92.3 Å². The van der Waals surface area contributed by atoms with Crippen LogP contribution in [0, 0.1) is 5.92 Å². The van der Waals surface area contributed by atoms with Gasteiger partial charge in [0.25, 0.3) is 0 Å². The SMILES string of the molecule is CCC1CCN(c2ccc(-c3nc4ccc(Cl)cc4[nH]3)cn2)CC1.OC1CCN(c2ccc(-c3nc4ccc(Cl)cc4[nH]3)cn2)CC1. The fourth-order valence-electron chi connectivity index (χ4n) is 6.33. The Kier molecular flexibility index (Phi) is 9.29. The van der Waals surface area contributed by atoms with Crippen LogP contribution in [0.15, 0.2) is 73.1 Å². The van der Waals surface area contributed by atoms with E-state index in [0.717, 1.165) is 101 Å². The number of benzene rings is 2. The van der Waals surface area contributed by atoms with Gasteiger partial charge in [-0.2, -0.15) is 0 Å². The van der Waals surface area contributed by atoms with E-state index in [1.54, 1.807) is 0 Å². The fourth-order valence-corrected chi connectivity index (χ4v) is 6.67. The van der Waals surface area contributed by atoms with Gasteiger partial charge in [-0.15, -0.1) is 0 Å². The van der Waals surface area contributed by atoms with Gasteiger partial charge in [0, 0.05) is 59.7 Å². The van der Waals surface area contributed by atoms with E-state index < -0.39 is 0 Å². The maximum absolute atomic E-state index is 9.59. The van der Waals surface area contributed by atoms with Gasteiger partial charge in [0.05, 0.1) is 28.2 Å². The lowest BCUT2D eigenvalue weighted by Gasteiger charge is -2.32. The predicted octanol–water partition coefficient (Wildman–Crippen LogP) is 8.14. The highest BCUT2D eigenvalue weighted by Crippen LogP contribution is 2.28. The highest BCUT2D eigenvalue weighted by molar-refractivity contribution is 6.31. The maximum atomic E-state index is 9.59. The first kappa shape index (κ1) is 31.4. The number of aromatic amines is 2. The molecular formula is C36H38Cl2N8O. The third-order valence-electron chi connectivity index (χ3n) is 9.23. The van der Waals surface area contributed by atoms with E-state index in [4.69, 9.17) is 23.2 Å². The summed E-state index contributed by atoms with van der Waals surface area (Å²) in [5, 5.41) is 11.0. The molecule has 3 N–H and O–H groups in total. The number of rotatable bonds is 5. The van der Waals surface area contributed by atoms with Gasteiger partial charge < -0.3 is 24.9 Å². The molecule has 6 aromatic rings. The number of fused-ring (bicyclic) bond motifs is 2. The number of aliphatic hydroxyl groups excluding tert-OH is 1. The van der Waals surface area contributed by atoms with Crippen molar-refractivity contribution in [1.29, 1.82) is 0 Å². The second-order valence-electron chi connectivity index (χ2n) is 12.4. The first-order valence-corrected chi connectivity index (χ1v) is 17.1. The Labute approximate surface area is 284 Å². The molecule has 47 heavy (non-hydrogen) atoms. The topological polar surface area (TPSA) is 110 Å². The Balaban J connectivity index is 0.000000150. The largest absolute Gasteiger partial charge is 0.393 e. The van der Waals surface area contributed by atoms with E-state index in [-0.39, 0.29) is 6.10 Å². The van der Waals surface area contributed by atoms with Crippen LogP contribution in [-0.4, -0.2) is 67.3 Å². The Bertz CT molecular complexity index is 1940. The zero-order valence-corrected chi connectivity index (χ0v) is 27.8. The van der Waals surface area contributed by atoms with E-state index in [9.17, 15) is 5.11 Å². The van der Waals surface area contributed by atoms with Crippen molar-refractivity contribution in [2.75, 3.05) is 36.0 Å². The number of nitrogens with one attached hydrogen (secondary N) is 2. The molecule has 4 aromatic heterocycles. The Morgan fingerprint density at radius 2 is 1.15 bits per heavy atom. The number of hydrogen-bond acceptors (Lipinski definition) is 7. The molecule has 8 rings (SSSR count). The van der Waals surface area contributed by atoms with Crippen LogP contribution in [0.4, 0.5) is 11.6 Å². The summed E-state index contributed by atoms with van der Waals surface area (Å²) in [5.74, 6) is 4.50. The summed E-state index contributed by atoms with van der Waals surface area (Å²) in [7, 11) is 0. The summed E-state index contributed by atoms with van der Waals surface area (Å²) in [6, 6.07) is 19.5. The lowest BCUT2D eigenvalue weighted by Crippen LogP contribution is -2.36. The zero-order valence-electron chi connectivity index (χ0n) is 26.3. The monoisotopic (exact) mass is 668 g/mol. The van der Waals surface area contributed by atoms with E-state index >= 15 is 0 Å². The molecule has 2 aliphatic heterocycles. The molecule has 0 saturated carbocycles. The summed E-state index contributed by atoms with van der Waals surface area (Å²) < 4.78 is 0. The molecule has 11 heteroatoms. The van der Waals surface area contributed by atoms with Crippen LogP contribution in [0.2, 0.25) is 10.0 Å². The number of piperidine rings is 2. The van der Waals surface area contributed by atoms with Gasteiger partial charge in [-0.25, -0.2) is 19.9 Å². The number of aromatic nitrogens is 6. The number of nitrogens with zero attached hydrogens (tertiary/aromatic N) is 6. The second-order valence-corrected chi connectivity index (χ2v) is 13.2. The van der Waals surface area contributed by atoms with Crippen molar-refractivity contribution in [3.05, 3.63) is 83.1 Å². The smallest absolute Gasteiger partial charge is 0.140 e. The van der Waals surface area contributed by atoms with Gasteiger partial charge in [-0.1, -0.05) is 36.5 Å². The van der Waals surface area contributed by atoms with Crippen LogP contribution in [-0.2, 0) is 0 Å². The van der Waals surface area contributed by atoms with Crippen LogP contribution in [0.3, 0.4) is 0 Å². The lowest BCUT2D eigenvalue weighted by molar-refractivity contribution is 0.145. The Morgan fingerprint density at radius 1 is 0.681 bits per heavy atom. The normalized spacial score (nSPS) is 16.1. The summed E-state index contributed by atoms with van der Waals surface area (Å²) in [6.45, 7) is 6.18. The summed E-state index contributed by atoms with van der Waals surface area (Å²) >= 11 is 12.0. The quantitative estimate of drug-likeness (QED) is 0.170. The molecular weight excluding hydrogens is 631 g/mol. The van der Waals surface area contributed by atoms with Gasteiger partial charge in [0.1, 0.15) is 23.3 Å². The van der Waals surface area contributed by atoms with E-state index in [0.29, 0.717) is 10.0 Å². The molecule has 0 unspecified atom stereocenters. The summed E-state index contributed by atoms with van der Waals surface area (Å²) in [5.41, 5.74) is 5.61. The minimum Gasteiger partial charge on any atom is -0.393 e. The molecule has 2 fully saturated rings. The number of pyridine rings is 2. The Hall–Kier alpha value is -4.18. The first-order chi connectivity index (χ1) is 22.9. The van der Waals surface area contributed by atoms with E-state index in [1.807, 2.05) is 60.9 Å². The molecule has 242 valence electrons. The van der Waals surface area contributed by atoms with Crippen molar-refractivity contribution in [2.45, 2.75) is 45.1 Å². The lowest BCUT2D eigenvalue weighted by atomic mass is 9.94. The molecule has 2 aromatic carbocycles. The van der Waals surface area contributed by atoms with E-state index in [1.165, 1.54) is 19.3 Å². The van der Waals surface area contributed by atoms with Crippen LogP contribution in [0.5, 0.6) is 0 Å². The molecule has 2 saturated heterocycles. The average Bonchev–Trinajstić information content (AvgIpc) is 3.73. The Morgan fingerprint density at radius 3 is 1.57 bits per heavy atom. The van der Waals surface area contributed by atoms with Crippen molar-refractivity contribution in [1.82, 2.24) is 29.9 Å². The van der Waals surface area contributed by atoms with E-state index in [2.05, 4.69) is 58.8 Å². The van der Waals surface area contributed by atoms with Crippen LogP contribution in [0.1, 0.15) is 39.0 Å². The zero-order chi connectivity index (χ0) is 32.3. The molecule has 6 heterocycles. The molecule has 0 aliphatic carbocycles. The van der Waals surface area contributed by atoms with Crippen molar-refractivity contribution >= 4 is 56.9 Å². The molecule has 0 amide bonds. The van der Waals surface area contributed by atoms with Crippen molar-refractivity contribution in [3.8, 4) is 22.8 Å². The van der Waals surface area contributed by atoms with Gasteiger partial charge in [-0.3, -0.25) is 0 Å².